The number of aromatic nitrogens is 1. The molecule has 0 aromatic carbocycles. The van der Waals surface area contributed by atoms with Crippen LogP contribution in [0.5, 0.6) is 0 Å². The first-order valence-electron chi connectivity index (χ1n) is 6.74. The summed E-state index contributed by atoms with van der Waals surface area (Å²) in [6.07, 6.45) is 5.97. The number of rotatable bonds is 3. The van der Waals surface area contributed by atoms with Crippen molar-refractivity contribution in [3.63, 3.8) is 0 Å². The van der Waals surface area contributed by atoms with Crippen molar-refractivity contribution in [2.75, 3.05) is 0 Å². The number of hydrogen-bond acceptors (Lipinski definition) is 3. The molecular weight excluding hydrogens is 228 g/mol. The van der Waals surface area contributed by atoms with Crippen molar-refractivity contribution in [2.45, 2.75) is 59.0 Å². The molecule has 1 aliphatic carbocycles. The summed E-state index contributed by atoms with van der Waals surface area (Å²) < 4.78 is 0. The Morgan fingerprint density at radius 1 is 1.35 bits per heavy atom. The number of nitrogens with one attached hydrogen (secondary N) is 1. The summed E-state index contributed by atoms with van der Waals surface area (Å²) in [4.78, 5) is 5.78. The molecule has 17 heavy (non-hydrogen) atoms. The zero-order chi connectivity index (χ0) is 12.4. The summed E-state index contributed by atoms with van der Waals surface area (Å²) in [5.74, 6) is 1.75. The Morgan fingerprint density at radius 2 is 2.12 bits per heavy atom. The Kier molecular flexibility index (Phi) is 4.21. The van der Waals surface area contributed by atoms with Crippen molar-refractivity contribution >= 4 is 11.3 Å². The SMILES string of the molecule is Cc1cnc(C(C)NC2CCC(C)C(C)C2)s1. The van der Waals surface area contributed by atoms with Gasteiger partial charge in [0.05, 0.1) is 6.04 Å². The summed E-state index contributed by atoms with van der Waals surface area (Å²) in [6.45, 7) is 9.13. The summed E-state index contributed by atoms with van der Waals surface area (Å²) in [5.41, 5.74) is 0. The molecule has 3 heteroatoms. The van der Waals surface area contributed by atoms with Gasteiger partial charge in [0.25, 0.3) is 0 Å². The molecule has 0 bridgehead atoms. The average molecular weight is 252 g/mol. The lowest BCUT2D eigenvalue weighted by Crippen LogP contribution is -2.37. The Balaban J connectivity index is 1.89. The largest absolute Gasteiger partial charge is 0.305 e. The zero-order valence-electron chi connectivity index (χ0n) is 11.4. The lowest BCUT2D eigenvalue weighted by atomic mass is 9.79. The molecular formula is C14H24N2S. The van der Waals surface area contributed by atoms with Crippen LogP contribution in [0.25, 0.3) is 0 Å². The van der Waals surface area contributed by atoms with Crippen LogP contribution in [0, 0.1) is 18.8 Å². The molecule has 0 aliphatic heterocycles. The van der Waals surface area contributed by atoms with Crippen LogP contribution in [0.2, 0.25) is 0 Å². The fourth-order valence-corrected chi connectivity index (χ4v) is 3.48. The monoisotopic (exact) mass is 252 g/mol. The number of thiazole rings is 1. The van der Waals surface area contributed by atoms with Gasteiger partial charge in [0.2, 0.25) is 0 Å². The van der Waals surface area contributed by atoms with Gasteiger partial charge in [-0.1, -0.05) is 13.8 Å². The maximum Gasteiger partial charge on any atom is 0.109 e. The molecule has 0 saturated heterocycles. The molecule has 0 amide bonds. The van der Waals surface area contributed by atoms with Crippen LogP contribution < -0.4 is 5.32 Å². The third-order valence-electron chi connectivity index (χ3n) is 4.09. The van der Waals surface area contributed by atoms with E-state index in [1.807, 2.05) is 17.5 Å². The van der Waals surface area contributed by atoms with Crippen molar-refractivity contribution in [1.82, 2.24) is 10.3 Å². The van der Waals surface area contributed by atoms with E-state index in [1.54, 1.807) is 0 Å². The lowest BCUT2D eigenvalue weighted by Gasteiger charge is -2.34. The van der Waals surface area contributed by atoms with Crippen molar-refractivity contribution in [2.24, 2.45) is 11.8 Å². The molecule has 1 aromatic heterocycles. The molecule has 1 heterocycles. The minimum atomic E-state index is 0.402. The van der Waals surface area contributed by atoms with E-state index >= 15 is 0 Å². The molecule has 0 spiro atoms. The van der Waals surface area contributed by atoms with E-state index in [4.69, 9.17) is 0 Å². The maximum absolute atomic E-state index is 4.47. The second-order valence-electron chi connectivity index (χ2n) is 5.66. The van der Waals surface area contributed by atoms with E-state index in [2.05, 4.69) is 38.0 Å². The normalized spacial score (nSPS) is 31.4. The van der Waals surface area contributed by atoms with E-state index in [-0.39, 0.29) is 0 Å². The van der Waals surface area contributed by atoms with Gasteiger partial charge in [-0.2, -0.15) is 0 Å². The average Bonchev–Trinajstić information content (AvgIpc) is 2.70. The number of hydrogen-bond donors (Lipinski definition) is 1. The molecule has 2 nitrogen and oxygen atoms in total. The van der Waals surface area contributed by atoms with Gasteiger partial charge >= 0.3 is 0 Å². The molecule has 1 saturated carbocycles. The van der Waals surface area contributed by atoms with Gasteiger partial charge < -0.3 is 5.32 Å². The van der Waals surface area contributed by atoms with Crippen molar-refractivity contribution in [1.29, 1.82) is 0 Å². The Labute approximate surface area is 109 Å². The van der Waals surface area contributed by atoms with Crippen LogP contribution in [0.4, 0.5) is 0 Å². The van der Waals surface area contributed by atoms with Crippen LogP contribution in [0.1, 0.15) is 56.0 Å². The van der Waals surface area contributed by atoms with Gasteiger partial charge in [0.15, 0.2) is 0 Å². The van der Waals surface area contributed by atoms with Gasteiger partial charge in [-0.3, -0.25) is 0 Å². The predicted octanol–water partition coefficient (Wildman–Crippen LogP) is 3.93. The zero-order valence-corrected chi connectivity index (χ0v) is 12.2. The summed E-state index contributed by atoms with van der Waals surface area (Å²) >= 11 is 1.81. The molecule has 1 N–H and O–H groups in total. The van der Waals surface area contributed by atoms with Crippen molar-refractivity contribution in [3.05, 3.63) is 16.1 Å². The van der Waals surface area contributed by atoms with E-state index in [0.29, 0.717) is 12.1 Å². The molecule has 1 aliphatic rings. The van der Waals surface area contributed by atoms with Crippen molar-refractivity contribution in [3.8, 4) is 0 Å². The van der Waals surface area contributed by atoms with Gasteiger partial charge in [-0.15, -0.1) is 11.3 Å². The second kappa shape index (κ2) is 5.49. The van der Waals surface area contributed by atoms with Crippen LogP contribution >= 0.6 is 11.3 Å². The van der Waals surface area contributed by atoms with Crippen LogP contribution in [-0.4, -0.2) is 11.0 Å². The number of nitrogens with zero attached hydrogens (tertiary/aromatic N) is 1. The van der Waals surface area contributed by atoms with Crippen LogP contribution in [0.15, 0.2) is 6.20 Å². The van der Waals surface area contributed by atoms with Crippen LogP contribution in [0.3, 0.4) is 0 Å². The highest BCUT2D eigenvalue weighted by atomic mass is 32.1. The van der Waals surface area contributed by atoms with Gasteiger partial charge in [0.1, 0.15) is 5.01 Å². The van der Waals surface area contributed by atoms with Gasteiger partial charge in [-0.25, -0.2) is 4.98 Å². The first-order chi connectivity index (χ1) is 8.06. The summed E-state index contributed by atoms with van der Waals surface area (Å²) in [6, 6.07) is 1.08. The van der Waals surface area contributed by atoms with Gasteiger partial charge in [0, 0.05) is 17.1 Å². The summed E-state index contributed by atoms with van der Waals surface area (Å²) in [5, 5.41) is 4.98. The van der Waals surface area contributed by atoms with E-state index in [1.165, 1.54) is 29.1 Å². The highest BCUT2D eigenvalue weighted by molar-refractivity contribution is 7.11. The first kappa shape index (κ1) is 13.0. The number of aryl methyl sites for hydroxylation is 1. The predicted molar refractivity (Wildman–Crippen MR) is 74.4 cm³/mol. The first-order valence-corrected chi connectivity index (χ1v) is 7.56. The molecule has 2 rings (SSSR count). The Morgan fingerprint density at radius 3 is 2.71 bits per heavy atom. The second-order valence-corrected chi connectivity index (χ2v) is 6.93. The molecule has 4 unspecified atom stereocenters. The van der Waals surface area contributed by atoms with E-state index in [0.717, 1.165) is 11.8 Å². The fraction of sp³-hybridized carbons (Fsp3) is 0.786. The van der Waals surface area contributed by atoms with E-state index < -0.39 is 0 Å². The molecule has 1 aromatic rings. The molecule has 4 atom stereocenters. The third kappa shape index (κ3) is 3.29. The van der Waals surface area contributed by atoms with Gasteiger partial charge in [-0.05, 0) is 44.9 Å². The van der Waals surface area contributed by atoms with E-state index in [9.17, 15) is 0 Å². The van der Waals surface area contributed by atoms with Crippen molar-refractivity contribution < 1.29 is 0 Å². The highest BCUT2D eigenvalue weighted by Gasteiger charge is 2.25. The standard InChI is InChI=1S/C14H24N2S/c1-9-5-6-13(7-10(9)2)16-12(4)14-15-8-11(3)17-14/h8-10,12-13,16H,5-7H2,1-4H3. The fourth-order valence-electron chi connectivity index (χ4n) is 2.70. The minimum absolute atomic E-state index is 0.402. The smallest absolute Gasteiger partial charge is 0.109 e. The molecule has 0 radical (unpaired) electrons. The highest BCUT2D eigenvalue weighted by Crippen LogP contribution is 2.31. The Hall–Kier alpha value is -0.410. The third-order valence-corrected chi connectivity index (χ3v) is 5.19. The molecule has 96 valence electrons. The minimum Gasteiger partial charge on any atom is -0.305 e. The lowest BCUT2D eigenvalue weighted by molar-refractivity contribution is 0.217. The topological polar surface area (TPSA) is 24.9 Å². The maximum atomic E-state index is 4.47. The Bertz CT molecular complexity index is 361. The summed E-state index contributed by atoms with van der Waals surface area (Å²) in [7, 11) is 0. The molecule has 1 fully saturated rings. The quantitative estimate of drug-likeness (QED) is 0.881. The van der Waals surface area contributed by atoms with Crippen LogP contribution in [-0.2, 0) is 0 Å².